The summed E-state index contributed by atoms with van der Waals surface area (Å²) in [5.74, 6) is 0.154. The molecule has 0 atom stereocenters. The van der Waals surface area contributed by atoms with E-state index >= 15 is 0 Å². The van der Waals surface area contributed by atoms with Crippen LogP contribution in [0.15, 0.2) is 29.6 Å². The molecule has 0 radical (unpaired) electrons. The fraction of sp³-hybridized carbons (Fsp3) is 0.357. The van der Waals surface area contributed by atoms with Gasteiger partial charge in [-0.25, -0.2) is 4.98 Å². The predicted octanol–water partition coefficient (Wildman–Crippen LogP) is 3.91. The first kappa shape index (κ1) is 14.9. The molecule has 0 saturated carbocycles. The zero-order valence-corrected chi connectivity index (χ0v) is 11.9. The second-order valence-corrected chi connectivity index (χ2v) is 5.12. The van der Waals surface area contributed by atoms with E-state index in [-0.39, 0.29) is 5.75 Å². The number of thiazole rings is 1. The lowest BCUT2D eigenvalue weighted by Crippen LogP contribution is -2.13. The van der Waals surface area contributed by atoms with E-state index in [9.17, 15) is 8.78 Å². The van der Waals surface area contributed by atoms with Crippen LogP contribution in [-0.4, -0.2) is 18.1 Å². The number of nitrogens with one attached hydrogen (secondary N) is 1. The summed E-state index contributed by atoms with van der Waals surface area (Å²) in [7, 11) is 0. The minimum Gasteiger partial charge on any atom is -0.434 e. The molecule has 2 rings (SSSR count). The summed E-state index contributed by atoms with van der Waals surface area (Å²) in [5.41, 5.74) is 1.25. The quantitative estimate of drug-likeness (QED) is 0.787. The Labute approximate surface area is 120 Å². The van der Waals surface area contributed by atoms with Crippen LogP contribution in [0.4, 0.5) is 8.78 Å². The van der Waals surface area contributed by atoms with E-state index in [0.717, 1.165) is 18.0 Å². The van der Waals surface area contributed by atoms with E-state index in [1.165, 1.54) is 17.4 Å². The Balaban J connectivity index is 2.15. The van der Waals surface area contributed by atoms with Crippen molar-refractivity contribution in [3.63, 3.8) is 0 Å². The number of hydrogen-bond acceptors (Lipinski definition) is 4. The van der Waals surface area contributed by atoms with E-state index in [0.29, 0.717) is 17.8 Å². The Morgan fingerprint density at radius 2 is 2.15 bits per heavy atom. The summed E-state index contributed by atoms with van der Waals surface area (Å²) in [6, 6.07) is 6.70. The van der Waals surface area contributed by atoms with Crippen molar-refractivity contribution in [1.29, 1.82) is 0 Å². The second kappa shape index (κ2) is 7.31. The molecule has 1 heterocycles. The van der Waals surface area contributed by atoms with Crippen LogP contribution >= 0.6 is 11.3 Å². The number of aromatic nitrogens is 1. The molecule has 6 heteroatoms. The number of hydrogen-bond donors (Lipinski definition) is 1. The molecule has 0 saturated heterocycles. The van der Waals surface area contributed by atoms with Crippen LogP contribution in [0.25, 0.3) is 11.3 Å². The minimum atomic E-state index is -2.83. The Morgan fingerprint density at radius 3 is 2.90 bits per heavy atom. The molecule has 2 aromatic rings. The molecule has 0 aliphatic carbocycles. The van der Waals surface area contributed by atoms with Crippen molar-refractivity contribution >= 4 is 11.3 Å². The van der Waals surface area contributed by atoms with Crippen LogP contribution < -0.4 is 10.1 Å². The fourth-order valence-electron chi connectivity index (χ4n) is 1.76. The smallest absolute Gasteiger partial charge is 0.387 e. The molecular weight excluding hydrogens is 282 g/mol. The maximum absolute atomic E-state index is 12.4. The summed E-state index contributed by atoms with van der Waals surface area (Å²) in [4.78, 5) is 4.45. The van der Waals surface area contributed by atoms with Gasteiger partial charge in [0.15, 0.2) is 0 Å². The van der Waals surface area contributed by atoms with Gasteiger partial charge in [-0.1, -0.05) is 19.1 Å². The number of rotatable bonds is 7. The first-order chi connectivity index (χ1) is 9.70. The third kappa shape index (κ3) is 3.98. The third-order valence-corrected chi connectivity index (χ3v) is 3.48. The van der Waals surface area contributed by atoms with Gasteiger partial charge in [-0.3, -0.25) is 0 Å². The average molecular weight is 298 g/mol. The molecule has 0 amide bonds. The first-order valence-electron chi connectivity index (χ1n) is 6.40. The van der Waals surface area contributed by atoms with Crippen molar-refractivity contribution in [3.8, 4) is 17.0 Å². The van der Waals surface area contributed by atoms with Crippen molar-refractivity contribution in [3.05, 3.63) is 34.7 Å². The minimum absolute atomic E-state index is 0.154. The number of para-hydroxylation sites is 1. The normalized spacial score (nSPS) is 11.0. The molecule has 0 bridgehead atoms. The van der Waals surface area contributed by atoms with Crippen LogP contribution in [0.1, 0.15) is 18.4 Å². The van der Waals surface area contributed by atoms with Gasteiger partial charge in [-0.15, -0.1) is 11.3 Å². The summed E-state index contributed by atoms with van der Waals surface area (Å²) >= 11 is 1.51. The molecule has 20 heavy (non-hydrogen) atoms. The summed E-state index contributed by atoms with van der Waals surface area (Å²) in [5, 5.41) is 6.05. The lowest BCUT2D eigenvalue weighted by atomic mass is 10.1. The number of halogens is 2. The van der Waals surface area contributed by atoms with Crippen molar-refractivity contribution in [2.24, 2.45) is 0 Å². The summed E-state index contributed by atoms with van der Waals surface area (Å²) in [6.07, 6.45) is 1.06. The van der Waals surface area contributed by atoms with E-state index in [1.54, 1.807) is 18.2 Å². The maximum Gasteiger partial charge on any atom is 0.387 e. The molecule has 1 aromatic heterocycles. The van der Waals surface area contributed by atoms with Gasteiger partial charge in [-0.2, -0.15) is 8.78 Å². The highest BCUT2D eigenvalue weighted by Crippen LogP contribution is 2.31. The van der Waals surface area contributed by atoms with Crippen LogP contribution in [0.3, 0.4) is 0 Å². The number of alkyl halides is 2. The molecule has 1 N–H and O–H groups in total. The van der Waals surface area contributed by atoms with Crippen LogP contribution in [0, 0.1) is 0 Å². The van der Waals surface area contributed by atoms with Gasteiger partial charge in [0, 0.05) is 17.5 Å². The Bertz CT molecular complexity index is 545. The highest BCUT2D eigenvalue weighted by atomic mass is 32.1. The lowest BCUT2D eigenvalue weighted by Gasteiger charge is -2.08. The van der Waals surface area contributed by atoms with E-state index in [1.807, 2.05) is 5.38 Å². The van der Waals surface area contributed by atoms with Gasteiger partial charge < -0.3 is 10.1 Å². The second-order valence-electron chi connectivity index (χ2n) is 4.18. The van der Waals surface area contributed by atoms with Crippen LogP contribution in [0.5, 0.6) is 5.75 Å². The largest absolute Gasteiger partial charge is 0.434 e. The lowest BCUT2D eigenvalue weighted by molar-refractivity contribution is -0.0494. The fourth-order valence-corrected chi connectivity index (χ4v) is 2.53. The van der Waals surface area contributed by atoms with Gasteiger partial charge in [0.2, 0.25) is 0 Å². The van der Waals surface area contributed by atoms with Gasteiger partial charge in [0.25, 0.3) is 0 Å². The topological polar surface area (TPSA) is 34.2 Å². The van der Waals surface area contributed by atoms with Crippen molar-refractivity contribution in [2.45, 2.75) is 26.5 Å². The number of ether oxygens (including phenoxy) is 1. The molecule has 0 spiro atoms. The number of nitrogens with zero attached hydrogens (tertiary/aromatic N) is 1. The molecule has 3 nitrogen and oxygen atoms in total. The number of benzene rings is 1. The maximum atomic E-state index is 12.4. The molecule has 0 aliphatic rings. The van der Waals surface area contributed by atoms with Crippen molar-refractivity contribution in [2.75, 3.05) is 6.54 Å². The molecule has 0 fully saturated rings. The monoisotopic (exact) mass is 298 g/mol. The van der Waals surface area contributed by atoms with Gasteiger partial charge in [0.1, 0.15) is 10.8 Å². The Morgan fingerprint density at radius 1 is 1.35 bits per heavy atom. The highest BCUT2D eigenvalue weighted by Gasteiger charge is 2.13. The zero-order valence-electron chi connectivity index (χ0n) is 11.1. The zero-order chi connectivity index (χ0) is 14.4. The Hall–Kier alpha value is -1.53. The van der Waals surface area contributed by atoms with E-state index in [2.05, 4.69) is 22.0 Å². The average Bonchev–Trinajstić information content (AvgIpc) is 2.88. The summed E-state index contributed by atoms with van der Waals surface area (Å²) < 4.78 is 29.3. The highest BCUT2D eigenvalue weighted by molar-refractivity contribution is 7.09. The van der Waals surface area contributed by atoms with Crippen molar-refractivity contribution in [1.82, 2.24) is 10.3 Å². The van der Waals surface area contributed by atoms with E-state index < -0.39 is 6.61 Å². The van der Waals surface area contributed by atoms with Crippen LogP contribution in [0.2, 0.25) is 0 Å². The van der Waals surface area contributed by atoms with Gasteiger partial charge >= 0.3 is 6.61 Å². The first-order valence-corrected chi connectivity index (χ1v) is 7.28. The molecule has 108 valence electrons. The molecule has 0 unspecified atom stereocenters. The molecule has 0 aliphatic heterocycles. The van der Waals surface area contributed by atoms with Crippen molar-refractivity contribution < 1.29 is 13.5 Å². The molecule has 1 aromatic carbocycles. The van der Waals surface area contributed by atoms with Gasteiger partial charge in [0.05, 0.1) is 5.69 Å². The van der Waals surface area contributed by atoms with E-state index in [4.69, 9.17) is 0 Å². The predicted molar refractivity (Wildman–Crippen MR) is 76.2 cm³/mol. The Kier molecular flexibility index (Phi) is 5.43. The van der Waals surface area contributed by atoms with Crippen LogP contribution in [-0.2, 0) is 6.54 Å². The SMILES string of the molecule is CCCNCc1nc(-c2ccccc2OC(F)F)cs1. The third-order valence-electron chi connectivity index (χ3n) is 2.63. The molecular formula is C14H16F2N2OS. The van der Waals surface area contributed by atoms with Gasteiger partial charge in [-0.05, 0) is 25.1 Å². The summed E-state index contributed by atoms with van der Waals surface area (Å²) in [6.45, 7) is 0.884. The standard InChI is InChI=1S/C14H16F2N2OS/c1-2-7-17-8-13-18-11(9-20-13)10-5-3-4-6-12(10)19-14(15)16/h3-6,9,14,17H,2,7-8H2,1H3.